The molecule has 102 valence electrons. The Hall–Kier alpha value is -0.650. The van der Waals surface area contributed by atoms with Crippen molar-refractivity contribution < 1.29 is 19.4 Å². The van der Waals surface area contributed by atoms with Crippen molar-refractivity contribution in [3.8, 4) is 0 Å². The quantitative estimate of drug-likeness (QED) is 0.454. The van der Waals surface area contributed by atoms with Crippen LogP contribution in [0, 0.1) is 0 Å². The molecule has 0 aliphatic heterocycles. The first-order valence-electron chi connectivity index (χ1n) is 6.13. The van der Waals surface area contributed by atoms with Gasteiger partial charge in [-0.1, -0.05) is 0 Å². The molecule has 0 saturated carbocycles. The van der Waals surface area contributed by atoms with E-state index in [1.165, 1.54) is 0 Å². The zero-order valence-electron chi connectivity index (χ0n) is 11.1. The summed E-state index contributed by atoms with van der Waals surface area (Å²) in [6.07, 6.45) is 1.12. The lowest BCUT2D eigenvalue weighted by Gasteiger charge is -2.17. The molecular weight excluding hydrogens is 222 g/mol. The predicted octanol–water partition coefficient (Wildman–Crippen LogP) is 0.659. The van der Waals surface area contributed by atoms with Crippen LogP contribution in [0.25, 0.3) is 0 Å². The van der Waals surface area contributed by atoms with E-state index in [9.17, 15) is 4.79 Å². The Morgan fingerprint density at radius 1 is 1.29 bits per heavy atom. The smallest absolute Gasteiger partial charge is 0.307 e. The third-order valence-electron chi connectivity index (χ3n) is 2.19. The van der Waals surface area contributed by atoms with Gasteiger partial charge in [0.1, 0.15) is 0 Å². The van der Waals surface area contributed by atoms with Gasteiger partial charge in [-0.25, -0.2) is 0 Å². The average Bonchev–Trinajstić information content (AvgIpc) is 2.26. The molecule has 0 aromatic rings. The van der Waals surface area contributed by atoms with Crippen LogP contribution in [0.1, 0.15) is 26.7 Å². The summed E-state index contributed by atoms with van der Waals surface area (Å²) in [6, 6.07) is 0. The van der Waals surface area contributed by atoms with E-state index < -0.39 is 0 Å². The Labute approximate surface area is 104 Å². The highest BCUT2D eigenvalue weighted by atomic mass is 16.5. The maximum absolute atomic E-state index is 11.2. The van der Waals surface area contributed by atoms with Crippen LogP contribution < -0.4 is 0 Å². The maximum atomic E-state index is 11.2. The Balaban J connectivity index is 3.42. The van der Waals surface area contributed by atoms with Crippen molar-refractivity contribution in [3.05, 3.63) is 0 Å². The number of hydrogen-bond donors (Lipinski definition) is 1. The second-order valence-corrected chi connectivity index (χ2v) is 4.27. The molecule has 0 bridgehead atoms. The minimum Gasteiger partial charge on any atom is -0.466 e. The van der Waals surface area contributed by atoms with E-state index in [-0.39, 0.29) is 18.7 Å². The Kier molecular flexibility index (Phi) is 10.1. The summed E-state index contributed by atoms with van der Waals surface area (Å²) in [5, 5.41) is 8.53. The van der Waals surface area contributed by atoms with Gasteiger partial charge in [-0.3, -0.25) is 4.79 Å². The molecule has 5 nitrogen and oxygen atoms in total. The first-order chi connectivity index (χ1) is 8.06. The minimum absolute atomic E-state index is 0.0553. The number of esters is 1. The van der Waals surface area contributed by atoms with Crippen molar-refractivity contribution in [2.75, 3.05) is 40.0 Å². The van der Waals surface area contributed by atoms with Crippen LogP contribution in [0.15, 0.2) is 0 Å². The molecule has 0 spiro atoms. The zero-order chi connectivity index (χ0) is 13.1. The molecule has 0 unspecified atom stereocenters. The predicted molar refractivity (Wildman–Crippen MR) is 65.9 cm³/mol. The Bertz CT molecular complexity index is 197. The lowest BCUT2D eigenvalue weighted by Crippen LogP contribution is -2.27. The number of likely N-dealkylation sites (N-methyl/N-ethyl adjacent to an activating group) is 1. The van der Waals surface area contributed by atoms with Gasteiger partial charge in [0.15, 0.2) is 0 Å². The van der Waals surface area contributed by atoms with E-state index in [0.29, 0.717) is 32.6 Å². The monoisotopic (exact) mass is 247 g/mol. The number of ether oxygens (including phenoxy) is 2. The molecule has 17 heavy (non-hydrogen) atoms. The molecule has 0 aromatic carbocycles. The van der Waals surface area contributed by atoms with E-state index in [2.05, 4.69) is 0 Å². The minimum atomic E-state index is -0.213. The normalized spacial score (nSPS) is 11.2. The van der Waals surface area contributed by atoms with Gasteiger partial charge in [0.25, 0.3) is 0 Å². The van der Waals surface area contributed by atoms with Gasteiger partial charge < -0.3 is 19.5 Å². The van der Waals surface area contributed by atoms with E-state index in [4.69, 9.17) is 14.6 Å². The van der Waals surface area contributed by atoms with Gasteiger partial charge in [-0.05, 0) is 20.9 Å². The number of carbonyl (C=O) groups excluding carboxylic acids is 1. The van der Waals surface area contributed by atoms with Crippen molar-refractivity contribution in [2.24, 2.45) is 0 Å². The fourth-order valence-electron chi connectivity index (χ4n) is 1.16. The SMILES string of the molecule is CC(C)OCCN(C)CCC(=O)OCCCO. The molecule has 0 fully saturated rings. The number of rotatable bonds is 10. The molecule has 0 saturated heterocycles. The van der Waals surface area contributed by atoms with Crippen LogP contribution in [-0.2, 0) is 14.3 Å². The second kappa shape index (κ2) is 10.5. The summed E-state index contributed by atoms with van der Waals surface area (Å²) in [6.45, 7) is 6.50. The number of aliphatic hydroxyl groups excluding tert-OH is 1. The van der Waals surface area contributed by atoms with Crippen LogP contribution in [-0.4, -0.2) is 62.0 Å². The average molecular weight is 247 g/mol. The Morgan fingerprint density at radius 2 is 2.00 bits per heavy atom. The summed E-state index contributed by atoms with van der Waals surface area (Å²) in [5.41, 5.74) is 0. The van der Waals surface area contributed by atoms with Crippen LogP contribution in [0.3, 0.4) is 0 Å². The number of hydrogen-bond acceptors (Lipinski definition) is 5. The van der Waals surface area contributed by atoms with Crippen molar-refractivity contribution in [1.82, 2.24) is 4.90 Å². The molecule has 0 rings (SSSR count). The van der Waals surface area contributed by atoms with Crippen LogP contribution in [0.2, 0.25) is 0 Å². The highest BCUT2D eigenvalue weighted by Crippen LogP contribution is 1.94. The molecule has 0 atom stereocenters. The molecule has 0 aliphatic rings. The largest absolute Gasteiger partial charge is 0.466 e. The third kappa shape index (κ3) is 11.6. The topological polar surface area (TPSA) is 59.0 Å². The number of aliphatic hydroxyl groups is 1. The first kappa shape index (κ1) is 16.4. The molecule has 5 heteroatoms. The van der Waals surface area contributed by atoms with Gasteiger partial charge in [0.05, 0.1) is 25.7 Å². The van der Waals surface area contributed by atoms with Gasteiger partial charge in [0.2, 0.25) is 0 Å². The van der Waals surface area contributed by atoms with Crippen molar-refractivity contribution in [1.29, 1.82) is 0 Å². The zero-order valence-corrected chi connectivity index (χ0v) is 11.1. The van der Waals surface area contributed by atoms with E-state index in [0.717, 1.165) is 6.54 Å². The second-order valence-electron chi connectivity index (χ2n) is 4.27. The molecule has 0 heterocycles. The van der Waals surface area contributed by atoms with E-state index >= 15 is 0 Å². The summed E-state index contributed by atoms with van der Waals surface area (Å²) in [5.74, 6) is -0.213. The molecule has 0 aromatic heterocycles. The van der Waals surface area contributed by atoms with Gasteiger partial charge in [0, 0.05) is 26.1 Å². The summed E-state index contributed by atoms with van der Waals surface area (Å²) in [4.78, 5) is 13.3. The molecule has 0 amide bonds. The van der Waals surface area contributed by atoms with Crippen LogP contribution >= 0.6 is 0 Å². The van der Waals surface area contributed by atoms with E-state index in [1.807, 2.05) is 25.8 Å². The highest BCUT2D eigenvalue weighted by molar-refractivity contribution is 5.69. The molecular formula is C12H25NO4. The summed E-state index contributed by atoms with van der Waals surface area (Å²) in [7, 11) is 1.95. The molecule has 0 radical (unpaired) electrons. The van der Waals surface area contributed by atoms with Gasteiger partial charge in [-0.2, -0.15) is 0 Å². The fraction of sp³-hybridized carbons (Fsp3) is 0.917. The number of nitrogens with zero attached hydrogens (tertiary/aromatic N) is 1. The third-order valence-corrected chi connectivity index (χ3v) is 2.19. The van der Waals surface area contributed by atoms with Crippen molar-refractivity contribution in [3.63, 3.8) is 0 Å². The molecule has 1 N–H and O–H groups in total. The number of carbonyl (C=O) groups is 1. The highest BCUT2D eigenvalue weighted by Gasteiger charge is 2.05. The lowest BCUT2D eigenvalue weighted by atomic mass is 10.4. The van der Waals surface area contributed by atoms with E-state index in [1.54, 1.807) is 0 Å². The lowest BCUT2D eigenvalue weighted by molar-refractivity contribution is -0.144. The fourth-order valence-corrected chi connectivity index (χ4v) is 1.16. The summed E-state index contributed by atoms with van der Waals surface area (Å²) >= 11 is 0. The maximum Gasteiger partial charge on any atom is 0.307 e. The van der Waals surface area contributed by atoms with Crippen molar-refractivity contribution in [2.45, 2.75) is 32.8 Å². The standard InChI is InChI=1S/C12H25NO4/c1-11(2)16-10-7-13(3)6-5-12(15)17-9-4-8-14/h11,14H,4-10H2,1-3H3. The summed E-state index contributed by atoms with van der Waals surface area (Å²) < 4.78 is 10.3. The van der Waals surface area contributed by atoms with Crippen LogP contribution in [0.5, 0.6) is 0 Å². The van der Waals surface area contributed by atoms with Crippen LogP contribution in [0.4, 0.5) is 0 Å². The van der Waals surface area contributed by atoms with Gasteiger partial charge in [-0.15, -0.1) is 0 Å². The first-order valence-corrected chi connectivity index (χ1v) is 6.13. The van der Waals surface area contributed by atoms with Crippen molar-refractivity contribution >= 4 is 5.97 Å². The Morgan fingerprint density at radius 3 is 2.59 bits per heavy atom. The molecule has 0 aliphatic carbocycles. The van der Waals surface area contributed by atoms with Gasteiger partial charge >= 0.3 is 5.97 Å².